The van der Waals surface area contributed by atoms with Crippen molar-refractivity contribution < 1.29 is 4.92 Å². The van der Waals surface area contributed by atoms with Crippen LogP contribution in [0, 0.1) is 10.1 Å². The van der Waals surface area contributed by atoms with Crippen LogP contribution in [0.2, 0.25) is 0 Å². The molecule has 0 spiro atoms. The summed E-state index contributed by atoms with van der Waals surface area (Å²) in [6, 6.07) is 6.32. The zero-order valence-electron chi connectivity index (χ0n) is 16.8. The Morgan fingerprint density at radius 2 is 1.83 bits per heavy atom. The van der Waals surface area contributed by atoms with Gasteiger partial charge in [-0.2, -0.15) is 0 Å². The van der Waals surface area contributed by atoms with E-state index >= 15 is 0 Å². The third-order valence-corrected chi connectivity index (χ3v) is 5.48. The number of benzene rings is 1. The molecule has 9 nitrogen and oxygen atoms in total. The summed E-state index contributed by atoms with van der Waals surface area (Å²) in [4.78, 5) is 44.8. The highest BCUT2D eigenvalue weighted by atomic mass is 32.2. The molecule has 0 saturated carbocycles. The number of rotatable bonds is 4. The first kappa shape index (κ1) is 20.7. The van der Waals surface area contributed by atoms with Gasteiger partial charge in [0.2, 0.25) is 0 Å². The Kier molecular flexibility index (Phi) is 5.31. The van der Waals surface area contributed by atoms with Crippen LogP contribution >= 0.6 is 11.8 Å². The summed E-state index contributed by atoms with van der Waals surface area (Å²) >= 11 is 1.29. The monoisotopic (exact) mass is 415 g/mol. The van der Waals surface area contributed by atoms with Crippen molar-refractivity contribution in [3.63, 3.8) is 0 Å². The number of nitrogens with zero attached hydrogens (tertiary/aromatic N) is 5. The standard InChI is InChI=1S/C19H21N5O4S/c1-19(2,3)17-20-14-13(16(25)23(5)18(26)22(14)4)15(21-17)29-10-11-7-6-8-12(9-11)24(27)28/h6-9H,10H2,1-5H3. The minimum atomic E-state index is -0.467. The van der Waals surface area contributed by atoms with Gasteiger partial charge in [0.1, 0.15) is 16.2 Å². The molecule has 29 heavy (non-hydrogen) atoms. The van der Waals surface area contributed by atoms with Crippen LogP contribution in [0.4, 0.5) is 5.69 Å². The average Bonchev–Trinajstić information content (AvgIpc) is 2.67. The molecule has 0 N–H and O–H groups in total. The lowest BCUT2D eigenvalue weighted by Crippen LogP contribution is -2.38. The summed E-state index contributed by atoms with van der Waals surface area (Å²) in [5, 5.41) is 11.7. The van der Waals surface area contributed by atoms with Crippen LogP contribution in [-0.4, -0.2) is 24.0 Å². The van der Waals surface area contributed by atoms with Crippen molar-refractivity contribution in [3.05, 3.63) is 66.6 Å². The van der Waals surface area contributed by atoms with Crippen LogP contribution in [0.1, 0.15) is 32.2 Å². The maximum Gasteiger partial charge on any atom is 0.332 e. The maximum absolute atomic E-state index is 12.8. The van der Waals surface area contributed by atoms with Crippen molar-refractivity contribution >= 4 is 28.5 Å². The fraction of sp³-hybridized carbons (Fsp3) is 0.368. The molecule has 0 radical (unpaired) electrons. The fourth-order valence-electron chi connectivity index (χ4n) is 2.78. The largest absolute Gasteiger partial charge is 0.332 e. The third kappa shape index (κ3) is 3.93. The molecule has 2 aromatic heterocycles. The lowest BCUT2D eigenvalue weighted by molar-refractivity contribution is -0.384. The van der Waals surface area contributed by atoms with E-state index in [-0.39, 0.29) is 16.7 Å². The van der Waals surface area contributed by atoms with Gasteiger partial charge in [0, 0.05) is 37.4 Å². The first-order valence-corrected chi connectivity index (χ1v) is 9.83. The second-order valence-corrected chi connectivity index (χ2v) is 8.69. The van der Waals surface area contributed by atoms with E-state index in [9.17, 15) is 19.7 Å². The van der Waals surface area contributed by atoms with Crippen molar-refractivity contribution in [2.24, 2.45) is 14.1 Å². The van der Waals surface area contributed by atoms with E-state index < -0.39 is 21.6 Å². The van der Waals surface area contributed by atoms with E-state index in [1.54, 1.807) is 19.2 Å². The van der Waals surface area contributed by atoms with E-state index in [1.807, 2.05) is 20.8 Å². The van der Waals surface area contributed by atoms with E-state index in [1.165, 1.54) is 35.5 Å². The summed E-state index contributed by atoms with van der Waals surface area (Å²) in [7, 11) is 2.98. The van der Waals surface area contributed by atoms with Crippen LogP contribution in [0.25, 0.3) is 11.0 Å². The lowest BCUT2D eigenvalue weighted by atomic mass is 9.96. The molecule has 3 aromatic rings. The van der Waals surface area contributed by atoms with E-state index in [4.69, 9.17) is 0 Å². The summed E-state index contributed by atoms with van der Waals surface area (Å²) < 4.78 is 2.37. The molecule has 0 aliphatic carbocycles. The molecule has 0 aliphatic heterocycles. The highest BCUT2D eigenvalue weighted by Gasteiger charge is 2.23. The second-order valence-electron chi connectivity index (χ2n) is 7.72. The Balaban J connectivity index is 2.18. The molecule has 2 heterocycles. The molecule has 1 aromatic carbocycles. The summed E-state index contributed by atoms with van der Waals surface area (Å²) in [6.45, 7) is 5.84. The molecule has 10 heteroatoms. The zero-order valence-corrected chi connectivity index (χ0v) is 17.6. The van der Waals surface area contributed by atoms with Crippen molar-refractivity contribution in [2.45, 2.75) is 37.0 Å². The first-order valence-electron chi connectivity index (χ1n) is 8.85. The number of nitro benzene ring substituents is 1. The number of aryl methyl sites for hydroxylation is 1. The van der Waals surface area contributed by atoms with Gasteiger partial charge in [-0.05, 0) is 5.56 Å². The second kappa shape index (κ2) is 7.43. The van der Waals surface area contributed by atoms with Gasteiger partial charge < -0.3 is 0 Å². The minimum Gasteiger partial charge on any atom is -0.280 e. The zero-order chi connectivity index (χ0) is 21.5. The van der Waals surface area contributed by atoms with Crippen molar-refractivity contribution in [2.75, 3.05) is 0 Å². The summed E-state index contributed by atoms with van der Waals surface area (Å²) in [6.07, 6.45) is 0. The van der Waals surface area contributed by atoms with Crippen molar-refractivity contribution in [1.29, 1.82) is 0 Å². The number of nitro groups is 1. The third-order valence-electron chi connectivity index (χ3n) is 4.43. The average molecular weight is 415 g/mol. The Morgan fingerprint density at radius 1 is 1.14 bits per heavy atom. The van der Waals surface area contributed by atoms with Crippen LogP contribution in [-0.2, 0) is 25.3 Å². The lowest BCUT2D eigenvalue weighted by Gasteiger charge is -2.19. The quantitative estimate of drug-likeness (QED) is 0.278. The molecule has 0 fully saturated rings. The van der Waals surface area contributed by atoms with Crippen LogP contribution in [0.15, 0.2) is 38.9 Å². The van der Waals surface area contributed by atoms with Crippen LogP contribution in [0.5, 0.6) is 0 Å². The Hall–Kier alpha value is -3.01. The van der Waals surface area contributed by atoms with Gasteiger partial charge >= 0.3 is 5.69 Å². The number of non-ortho nitro benzene ring substituents is 1. The number of hydrogen-bond acceptors (Lipinski definition) is 7. The summed E-state index contributed by atoms with van der Waals surface area (Å²) in [5.41, 5.74) is -0.314. The fourth-order valence-corrected chi connectivity index (χ4v) is 3.74. The molecule has 152 valence electrons. The predicted octanol–water partition coefficient (Wildman–Crippen LogP) is 2.53. The van der Waals surface area contributed by atoms with Gasteiger partial charge in [0.15, 0.2) is 5.65 Å². The molecular formula is C19H21N5O4S. The number of thioether (sulfide) groups is 1. The highest BCUT2D eigenvalue weighted by Crippen LogP contribution is 2.29. The Morgan fingerprint density at radius 3 is 2.45 bits per heavy atom. The van der Waals surface area contributed by atoms with Crippen LogP contribution < -0.4 is 11.2 Å². The highest BCUT2D eigenvalue weighted by molar-refractivity contribution is 7.98. The number of hydrogen-bond donors (Lipinski definition) is 0. The van der Waals surface area contributed by atoms with Gasteiger partial charge in [0.05, 0.1) is 4.92 Å². The van der Waals surface area contributed by atoms with Crippen molar-refractivity contribution in [1.82, 2.24) is 19.1 Å². The minimum absolute atomic E-state index is 0.00402. The molecule has 0 bridgehead atoms. The van der Waals surface area contributed by atoms with Gasteiger partial charge in [-0.1, -0.05) is 32.9 Å². The SMILES string of the molecule is Cn1c(=O)c2c(SCc3cccc([N+](=O)[O-])c3)nc(C(C)(C)C)nc2n(C)c1=O. The molecule has 0 unspecified atom stereocenters. The van der Waals surface area contributed by atoms with E-state index in [0.29, 0.717) is 16.6 Å². The summed E-state index contributed by atoms with van der Waals surface area (Å²) in [5.74, 6) is 0.887. The van der Waals surface area contributed by atoms with Gasteiger partial charge in [-0.25, -0.2) is 14.8 Å². The predicted molar refractivity (Wildman–Crippen MR) is 111 cm³/mol. The molecule has 0 amide bonds. The molecule has 3 rings (SSSR count). The molecular weight excluding hydrogens is 394 g/mol. The Bertz CT molecular complexity index is 1240. The molecule has 0 aliphatic rings. The van der Waals surface area contributed by atoms with Gasteiger partial charge in [0.25, 0.3) is 11.2 Å². The smallest absolute Gasteiger partial charge is 0.280 e. The van der Waals surface area contributed by atoms with Gasteiger partial charge in [-0.15, -0.1) is 11.8 Å². The van der Waals surface area contributed by atoms with Crippen molar-refractivity contribution in [3.8, 4) is 0 Å². The normalized spacial score (nSPS) is 11.8. The first-order chi connectivity index (χ1) is 13.5. The Labute approximate surface area is 170 Å². The number of fused-ring (bicyclic) bond motifs is 1. The molecule has 0 atom stereocenters. The molecule has 0 saturated heterocycles. The van der Waals surface area contributed by atoms with Crippen LogP contribution in [0.3, 0.4) is 0 Å². The van der Waals surface area contributed by atoms with E-state index in [0.717, 1.165) is 10.1 Å². The van der Waals surface area contributed by atoms with E-state index in [2.05, 4.69) is 9.97 Å². The topological polar surface area (TPSA) is 113 Å². The number of aromatic nitrogens is 4. The maximum atomic E-state index is 12.8. The van der Waals surface area contributed by atoms with Gasteiger partial charge in [-0.3, -0.25) is 24.0 Å².